The highest BCUT2D eigenvalue weighted by Crippen LogP contribution is 2.30. The molecule has 0 saturated carbocycles. The van der Waals surface area contributed by atoms with Crippen molar-refractivity contribution in [2.75, 3.05) is 31.7 Å². The molecule has 0 aromatic heterocycles. The number of aliphatic hydroxyl groups excluding tert-OH is 1. The van der Waals surface area contributed by atoms with E-state index in [1.807, 2.05) is 11.9 Å². The fourth-order valence-corrected chi connectivity index (χ4v) is 2.73. The molecule has 114 valence electrons. The molecule has 21 heavy (non-hydrogen) atoms. The number of likely N-dealkylation sites (N-methyl/N-ethyl adjacent to an activating group) is 1. The summed E-state index contributed by atoms with van der Waals surface area (Å²) >= 11 is 0. The highest BCUT2D eigenvalue weighted by atomic mass is 16.5. The highest BCUT2D eigenvalue weighted by molar-refractivity contribution is 5.58. The first-order valence-electron chi connectivity index (χ1n) is 7.18. The number of nitriles is 1. The SMILES string of the molecule is C[C@@H](O)c1ccc(C#N)cc1N(C)CC1(O)CCOCC1. The van der Waals surface area contributed by atoms with Gasteiger partial charge in [-0.1, -0.05) is 6.07 Å². The maximum Gasteiger partial charge on any atom is 0.0992 e. The molecule has 5 heteroatoms. The first-order chi connectivity index (χ1) is 9.95. The molecule has 1 aliphatic heterocycles. The largest absolute Gasteiger partial charge is 0.389 e. The average molecular weight is 290 g/mol. The summed E-state index contributed by atoms with van der Waals surface area (Å²) in [6.45, 7) is 3.27. The molecule has 5 nitrogen and oxygen atoms in total. The van der Waals surface area contributed by atoms with E-state index >= 15 is 0 Å². The van der Waals surface area contributed by atoms with Gasteiger partial charge in [-0.25, -0.2) is 0 Å². The van der Waals surface area contributed by atoms with Crippen molar-refractivity contribution in [2.24, 2.45) is 0 Å². The monoisotopic (exact) mass is 290 g/mol. The zero-order chi connectivity index (χ0) is 15.5. The van der Waals surface area contributed by atoms with Gasteiger partial charge in [-0.05, 0) is 19.1 Å². The molecule has 1 aromatic rings. The molecule has 1 aliphatic rings. The maximum absolute atomic E-state index is 10.6. The van der Waals surface area contributed by atoms with Gasteiger partial charge >= 0.3 is 0 Å². The van der Waals surface area contributed by atoms with E-state index in [-0.39, 0.29) is 0 Å². The van der Waals surface area contributed by atoms with Crippen molar-refractivity contribution in [3.05, 3.63) is 29.3 Å². The van der Waals surface area contributed by atoms with Crippen LogP contribution >= 0.6 is 0 Å². The number of benzene rings is 1. The molecule has 2 rings (SSSR count). The summed E-state index contributed by atoms with van der Waals surface area (Å²) in [6, 6.07) is 7.33. The summed E-state index contributed by atoms with van der Waals surface area (Å²) in [5.41, 5.74) is 1.29. The van der Waals surface area contributed by atoms with Crippen molar-refractivity contribution in [3.8, 4) is 6.07 Å². The van der Waals surface area contributed by atoms with Crippen LogP contribution in [0.15, 0.2) is 18.2 Å². The van der Waals surface area contributed by atoms with Gasteiger partial charge in [-0.15, -0.1) is 0 Å². The predicted octanol–water partition coefficient (Wildman–Crippen LogP) is 1.59. The second-order valence-electron chi connectivity index (χ2n) is 5.75. The van der Waals surface area contributed by atoms with E-state index in [0.29, 0.717) is 38.2 Å². The van der Waals surface area contributed by atoms with Gasteiger partial charge in [0.05, 0.1) is 23.3 Å². The quantitative estimate of drug-likeness (QED) is 0.880. The Balaban J connectivity index is 2.25. The Labute approximate surface area is 125 Å². The van der Waals surface area contributed by atoms with Crippen LogP contribution in [-0.2, 0) is 4.74 Å². The summed E-state index contributed by atoms with van der Waals surface area (Å²) < 4.78 is 5.29. The highest BCUT2D eigenvalue weighted by Gasteiger charge is 2.31. The number of hydrogen-bond acceptors (Lipinski definition) is 5. The maximum atomic E-state index is 10.6. The van der Waals surface area contributed by atoms with E-state index in [0.717, 1.165) is 11.3 Å². The third kappa shape index (κ3) is 3.73. The minimum atomic E-state index is -0.786. The van der Waals surface area contributed by atoms with Crippen LogP contribution in [0.1, 0.15) is 37.0 Å². The fraction of sp³-hybridized carbons (Fsp3) is 0.562. The summed E-state index contributed by atoms with van der Waals surface area (Å²) in [7, 11) is 1.87. The first-order valence-corrected chi connectivity index (χ1v) is 7.18. The van der Waals surface area contributed by atoms with Crippen LogP contribution in [0, 0.1) is 11.3 Å². The Morgan fingerprint density at radius 3 is 2.67 bits per heavy atom. The minimum absolute atomic E-state index is 0.449. The van der Waals surface area contributed by atoms with Crippen molar-refractivity contribution < 1.29 is 14.9 Å². The van der Waals surface area contributed by atoms with Crippen LogP contribution in [0.4, 0.5) is 5.69 Å². The van der Waals surface area contributed by atoms with E-state index in [1.165, 1.54) is 0 Å². The first kappa shape index (κ1) is 15.8. The third-order valence-corrected chi connectivity index (χ3v) is 3.98. The van der Waals surface area contributed by atoms with Crippen LogP contribution in [0.25, 0.3) is 0 Å². The summed E-state index contributed by atoms with van der Waals surface area (Å²) in [5.74, 6) is 0. The van der Waals surface area contributed by atoms with Gasteiger partial charge in [0.25, 0.3) is 0 Å². The van der Waals surface area contributed by atoms with E-state index in [2.05, 4.69) is 6.07 Å². The summed E-state index contributed by atoms with van der Waals surface area (Å²) in [6.07, 6.45) is 0.568. The van der Waals surface area contributed by atoms with Crippen LogP contribution < -0.4 is 4.90 Å². The Hall–Kier alpha value is -1.61. The lowest BCUT2D eigenvalue weighted by Gasteiger charge is -2.37. The molecule has 0 unspecified atom stereocenters. The number of rotatable bonds is 4. The molecular formula is C16H22N2O3. The summed E-state index contributed by atoms with van der Waals surface area (Å²) in [4.78, 5) is 1.91. The lowest BCUT2D eigenvalue weighted by atomic mass is 9.93. The van der Waals surface area contributed by atoms with Gasteiger partial charge in [-0.3, -0.25) is 0 Å². The molecule has 1 atom stereocenters. The molecule has 0 bridgehead atoms. The van der Waals surface area contributed by atoms with Gasteiger partial charge in [0.2, 0.25) is 0 Å². The molecule has 0 radical (unpaired) electrons. The average Bonchev–Trinajstić information content (AvgIpc) is 2.46. The Kier molecular flexibility index (Phi) is 4.84. The van der Waals surface area contributed by atoms with E-state index in [9.17, 15) is 10.2 Å². The molecular weight excluding hydrogens is 268 g/mol. The van der Waals surface area contributed by atoms with Gasteiger partial charge < -0.3 is 19.8 Å². The Morgan fingerprint density at radius 2 is 2.10 bits per heavy atom. The molecule has 1 aromatic carbocycles. The van der Waals surface area contributed by atoms with Crippen LogP contribution in [-0.4, -0.2) is 42.6 Å². The Bertz CT molecular complexity index is 531. The van der Waals surface area contributed by atoms with E-state index in [1.54, 1.807) is 25.1 Å². The minimum Gasteiger partial charge on any atom is -0.389 e. The number of anilines is 1. The molecule has 0 spiro atoms. The predicted molar refractivity (Wildman–Crippen MR) is 80.1 cm³/mol. The summed E-state index contributed by atoms with van der Waals surface area (Å²) in [5, 5.41) is 29.6. The van der Waals surface area contributed by atoms with Crippen molar-refractivity contribution in [3.63, 3.8) is 0 Å². The fourth-order valence-electron chi connectivity index (χ4n) is 2.73. The van der Waals surface area contributed by atoms with Crippen LogP contribution in [0.3, 0.4) is 0 Å². The lowest BCUT2D eigenvalue weighted by Crippen LogP contribution is -2.46. The molecule has 2 N–H and O–H groups in total. The van der Waals surface area contributed by atoms with Crippen molar-refractivity contribution in [1.29, 1.82) is 5.26 Å². The van der Waals surface area contributed by atoms with Gasteiger partial charge in [0.15, 0.2) is 0 Å². The molecule has 1 fully saturated rings. The van der Waals surface area contributed by atoms with Gasteiger partial charge in [0.1, 0.15) is 0 Å². The standard InChI is InChI=1S/C16H22N2O3/c1-12(19)14-4-3-13(10-17)9-15(14)18(2)11-16(20)5-7-21-8-6-16/h3-4,9,12,19-20H,5-8,11H2,1-2H3/t12-/m1/s1. The zero-order valence-corrected chi connectivity index (χ0v) is 12.5. The smallest absolute Gasteiger partial charge is 0.0992 e. The van der Waals surface area contributed by atoms with E-state index < -0.39 is 11.7 Å². The molecule has 0 amide bonds. The topological polar surface area (TPSA) is 76.7 Å². The number of ether oxygens (including phenoxy) is 1. The van der Waals surface area contributed by atoms with Crippen molar-refractivity contribution in [2.45, 2.75) is 31.5 Å². The van der Waals surface area contributed by atoms with Gasteiger partial charge in [0, 0.05) is 50.9 Å². The van der Waals surface area contributed by atoms with E-state index in [4.69, 9.17) is 10.00 Å². The molecule has 0 aliphatic carbocycles. The van der Waals surface area contributed by atoms with Crippen molar-refractivity contribution in [1.82, 2.24) is 0 Å². The molecule has 1 heterocycles. The van der Waals surface area contributed by atoms with Crippen LogP contribution in [0.5, 0.6) is 0 Å². The second kappa shape index (κ2) is 6.44. The zero-order valence-electron chi connectivity index (χ0n) is 12.5. The van der Waals surface area contributed by atoms with Crippen molar-refractivity contribution >= 4 is 5.69 Å². The number of nitrogens with zero attached hydrogens (tertiary/aromatic N) is 2. The normalized spacial score (nSPS) is 18.8. The number of hydrogen-bond donors (Lipinski definition) is 2. The van der Waals surface area contributed by atoms with Crippen LogP contribution in [0.2, 0.25) is 0 Å². The lowest BCUT2D eigenvalue weighted by molar-refractivity contribution is -0.0573. The number of aliphatic hydroxyl groups is 2. The molecule has 1 saturated heterocycles. The third-order valence-electron chi connectivity index (χ3n) is 3.98. The Morgan fingerprint density at radius 1 is 1.43 bits per heavy atom. The second-order valence-corrected chi connectivity index (χ2v) is 5.75. The van der Waals surface area contributed by atoms with Gasteiger partial charge in [-0.2, -0.15) is 5.26 Å².